The van der Waals surface area contributed by atoms with Gasteiger partial charge in [0.25, 0.3) is 0 Å². The summed E-state index contributed by atoms with van der Waals surface area (Å²) in [6.07, 6.45) is 14.3. The summed E-state index contributed by atoms with van der Waals surface area (Å²) < 4.78 is 29.3. The average molecular weight is 385 g/mol. The molecular formula is C26H34F2. The van der Waals surface area contributed by atoms with Crippen molar-refractivity contribution in [1.29, 1.82) is 0 Å². The van der Waals surface area contributed by atoms with Crippen molar-refractivity contribution in [1.82, 2.24) is 0 Å². The minimum atomic E-state index is -0.487. The van der Waals surface area contributed by atoms with Crippen molar-refractivity contribution >= 4 is 0 Å². The number of rotatable bonds is 5. The van der Waals surface area contributed by atoms with E-state index in [9.17, 15) is 8.78 Å². The normalized spacial score (nSPS) is 27.7. The Balaban J connectivity index is 1.62. The van der Waals surface area contributed by atoms with Gasteiger partial charge in [-0.1, -0.05) is 31.3 Å². The molecule has 152 valence electrons. The predicted octanol–water partition coefficient (Wildman–Crippen LogP) is 7.77. The highest BCUT2D eigenvalue weighted by atomic mass is 19.1. The molecule has 2 fully saturated rings. The molecule has 0 bridgehead atoms. The lowest BCUT2D eigenvalue weighted by Gasteiger charge is -2.28. The zero-order chi connectivity index (χ0) is 19.9. The molecule has 0 saturated heterocycles. The summed E-state index contributed by atoms with van der Waals surface area (Å²) in [5.74, 6) is 7.10. The van der Waals surface area contributed by atoms with Gasteiger partial charge in [0, 0.05) is 5.92 Å². The fourth-order valence-electron chi connectivity index (χ4n) is 4.98. The Bertz CT molecular complexity index is 685. The molecule has 3 rings (SSSR count). The van der Waals surface area contributed by atoms with Crippen LogP contribution in [0, 0.1) is 41.2 Å². The molecule has 0 spiro atoms. The Kier molecular flexibility index (Phi) is 7.72. The molecule has 2 saturated carbocycles. The lowest BCUT2D eigenvalue weighted by atomic mass is 9.77. The van der Waals surface area contributed by atoms with Crippen LogP contribution in [0.25, 0.3) is 0 Å². The maximum Gasteiger partial charge on any atom is 0.142 e. The molecule has 0 unspecified atom stereocenters. The Hall–Kier alpha value is -1.62. The first-order valence-corrected chi connectivity index (χ1v) is 11.2. The molecule has 2 heteroatoms. The first kappa shape index (κ1) is 21.1. The van der Waals surface area contributed by atoms with Crippen LogP contribution < -0.4 is 0 Å². The molecule has 28 heavy (non-hydrogen) atoms. The van der Waals surface area contributed by atoms with Crippen LogP contribution in [0.2, 0.25) is 0 Å². The molecule has 2 aliphatic rings. The topological polar surface area (TPSA) is 0 Å². The van der Waals surface area contributed by atoms with E-state index in [0.29, 0.717) is 0 Å². The first-order valence-electron chi connectivity index (χ1n) is 11.2. The summed E-state index contributed by atoms with van der Waals surface area (Å²) in [6, 6.07) is 3.08. The highest BCUT2D eigenvalue weighted by Gasteiger charge is 2.24. The van der Waals surface area contributed by atoms with Gasteiger partial charge in [-0.2, -0.15) is 0 Å². The van der Waals surface area contributed by atoms with Crippen molar-refractivity contribution in [3.8, 4) is 11.8 Å². The lowest BCUT2D eigenvalue weighted by Crippen LogP contribution is -2.14. The van der Waals surface area contributed by atoms with Crippen LogP contribution in [0.4, 0.5) is 8.78 Å². The van der Waals surface area contributed by atoms with E-state index in [1.54, 1.807) is 0 Å². The third-order valence-electron chi connectivity index (χ3n) is 6.99. The van der Waals surface area contributed by atoms with Crippen molar-refractivity contribution in [2.45, 2.75) is 83.5 Å². The van der Waals surface area contributed by atoms with Crippen LogP contribution in [-0.2, 0) is 0 Å². The maximum absolute atomic E-state index is 14.6. The third-order valence-corrected chi connectivity index (χ3v) is 6.99. The van der Waals surface area contributed by atoms with Gasteiger partial charge >= 0.3 is 0 Å². The smallest absolute Gasteiger partial charge is 0.142 e. The van der Waals surface area contributed by atoms with Gasteiger partial charge in [-0.05, 0) is 99.7 Å². The summed E-state index contributed by atoms with van der Waals surface area (Å²) in [5, 5.41) is 0. The highest BCUT2D eigenvalue weighted by Crippen LogP contribution is 2.38. The van der Waals surface area contributed by atoms with Gasteiger partial charge in [-0.15, -0.1) is 6.58 Å². The second-order valence-electron chi connectivity index (χ2n) is 8.84. The zero-order valence-corrected chi connectivity index (χ0v) is 17.3. The van der Waals surface area contributed by atoms with Crippen LogP contribution in [0.15, 0.2) is 24.8 Å². The van der Waals surface area contributed by atoms with Crippen molar-refractivity contribution in [2.24, 2.45) is 17.8 Å². The quantitative estimate of drug-likeness (QED) is 0.359. The van der Waals surface area contributed by atoms with Gasteiger partial charge in [0.2, 0.25) is 0 Å². The zero-order valence-electron chi connectivity index (χ0n) is 17.3. The fourth-order valence-corrected chi connectivity index (χ4v) is 4.98. The Labute approximate surface area is 169 Å². The van der Waals surface area contributed by atoms with Crippen LogP contribution >= 0.6 is 0 Å². The van der Waals surface area contributed by atoms with Gasteiger partial charge in [0.15, 0.2) is 0 Å². The van der Waals surface area contributed by atoms with Crippen LogP contribution in [0.3, 0.4) is 0 Å². The summed E-state index contributed by atoms with van der Waals surface area (Å²) in [4.78, 5) is 0. The van der Waals surface area contributed by atoms with E-state index in [0.717, 1.165) is 62.3 Å². The van der Waals surface area contributed by atoms with E-state index in [4.69, 9.17) is 0 Å². The summed E-state index contributed by atoms with van der Waals surface area (Å²) in [6.45, 7) is 6.03. The van der Waals surface area contributed by atoms with Gasteiger partial charge < -0.3 is 0 Å². The van der Waals surface area contributed by atoms with Crippen LogP contribution in [0.1, 0.15) is 94.6 Å². The van der Waals surface area contributed by atoms with E-state index in [1.165, 1.54) is 37.8 Å². The summed E-state index contributed by atoms with van der Waals surface area (Å²) >= 11 is 0. The number of hydrogen-bond donors (Lipinski definition) is 0. The molecule has 0 amide bonds. The maximum atomic E-state index is 14.6. The third kappa shape index (κ3) is 5.47. The Morgan fingerprint density at radius 3 is 2.14 bits per heavy atom. The number of hydrogen-bond acceptors (Lipinski definition) is 0. The van der Waals surface area contributed by atoms with Crippen molar-refractivity contribution in [2.75, 3.05) is 0 Å². The minimum absolute atomic E-state index is 0.0407. The Morgan fingerprint density at radius 2 is 1.57 bits per heavy atom. The highest BCUT2D eigenvalue weighted by molar-refractivity contribution is 5.40. The van der Waals surface area contributed by atoms with E-state index < -0.39 is 11.6 Å². The summed E-state index contributed by atoms with van der Waals surface area (Å²) in [5.41, 5.74) is 0.771. The average Bonchev–Trinajstić information content (AvgIpc) is 2.72. The van der Waals surface area contributed by atoms with Crippen molar-refractivity contribution in [3.63, 3.8) is 0 Å². The van der Waals surface area contributed by atoms with Crippen molar-refractivity contribution < 1.29 is 8.78 Å². The van der Waals surface area contributed by atoms with Gasteiger partial charge in [-0.3, -0.25) is 0 Å². The molecule has 0 radical (unpaired) electrons. The molecule has 0 aliphatic heterocycles. The Morgan fingerprint density at radius 1 is 0.964 bits per heavy atom. The SMILES string of the molecule is C=CCC[C@H]1CC[C@H](c2cc(F)c(C#CC3CCC(CC)CC3)c(F)c2)CC1. The first-order chi connectivity index (χ1) is 13.6. The molecule has 1 aromatic carbocycles. The van der Waals surface area contributed by atoms with E-state index in [1.807, 2.05) is 6.08 Å². The lowest BCUT2D eigenvalue weighted by molar-refractivity contribution is 0.309. The molecule has 0 N–H and O–H groups in total. The number of allylic oxidation sites excluding steroid dienone is 1. The largest absolute Gasteiger partial charge is 0.206 e. The predicted molar refractivity (Wildman–Crippen MR) is 113 cm³/mol. The molecule has 0 atom stereocenters. The fraction of sp³-hybridized carbons (Fsp3) is 0.615. The summed E-state index contributed by atoms with van der Waals surface area (Å²) in [7, 11) is 0. The van der Waals surface area contributed by atoms with E-state index in [-0.39, 0.29) is 17.4 Å². The monoisotopic (exact) mass is 384 g/mol. The molecule has 1 aromatic rings. The van der Waals surface area contributed by atoms with Gasteiger partial charge in [-0.25, -0.2) is 8.78 Å². The number of benzene rings is 1. The van der Waals surface area contributed by atoms with Crippen LogP contribution in [-0.4, -0.2) is 0 Å². The van der Waals surface area contributed by atoms with Crippen LogP contribution in [0.5, 0.6) is 0 Å². The standard InChI is InChI=1S/C26H34F2/c1-3-5-6-20-11-14-22(15-12-20)23-17-25(27)24(26(28)18-23)16-13-21-9-7-19(4-2)8-10-21/h3,17-22H,1,4-12,14-15H2,2H3/t19?,20-,21?,22-. The minimum Gasteiger partial charge on any atom is -0.206 e. The molecule has 2 aliphatic carbocycles. The molecule has 0 aromatic heterocycles. The van der Waals surface area contributed by atoms with E-state index >= 15 is 0 Å². The van der Waals surface area contributed by atoms with Crippen molar-refractivity contribution in [3.05, 3.63) is 47.5 Å². The second-order valence-corrected chi connectivity index (χ2v) is 8.84. The molecule has 0 nitrogen and oxygen atoms in total. The van der Waals surface area contributed by atoms with Gasteiger partial charge in [0.05, 0.1) is 5.56 Å². The second kappa shape index (κ2) is 10.2. The molecular weight excluding hydrogens is 350 g/mol. The van der Waals surface area contributed by atoms with Gasteiger partial charge in [0.1, 0.15) is 11.6 Å². The van der Waals surface area contributed by atoms with E-state index in [2.05, 4.69) is 25.3 Å². The number of halogens is 2. The molecule has 0 heterocycles.